The van der Waals surface area contributed by atoms with E-state index in [1.54, 1.807) is 12.1 Å². The minimum atomic E-state index is -1.20. The summed E-state index contributed by atoms with van der Waals surface area (Å²) in [6.07, 6.45) is 0. The highest BCUT2D eigenvalue weighted by Crippen LogP contribution is 2.35. The Balaban J connectivity index is 2.71. The van der Waals surface area contributed by atoms with Crippen molar-refractivity contribution in [1.82, 2.24) is 0 Å². The predicted molar refractivity (Wildman–Crippen MR) is 95.4 cm³/mol. The Morgan fingerprint density at radius 1 is 1.04 bits per heavy atom. The topological polar surface area (TPSA) is 59.6 Å². The number of nitriles is 2. The van der Waals surface area contributed by atoms with E-state index in [1.165, 1.54) is 18.2 Å². The molecule has 0 fully saturated rings. The first kappa shape index (κ1) is 17.6. The molecule has 0 bridgehead atoms. The summed E-state index contributed by atoms with van der Waals surface area (Å²) in [6.45, 7) is 0. The predicted octanol–water partition coefficient (Wildman–Crippen LogP) is 5.33. The number of halogens is 5. The third-order valence-electron chi connectivity index (χ3n) is 2.87. The van der Waals surface area contributed by atoms with Crippen molar-refractivity contribution in [2.24, 2.45) is 0 Å². The van der Waals surface area contributed by atoms with Gasteiger partial charge in [-0.15, -0.1) is 0 Å². The Bertz CT molecular complexity index is 901. The van der Waals surface area contributed by atoms with Crippen LogP contribution in [0.5, 0.6) is 0 Å². The van der Waals surface area contributed by atoms with Crippen LogP contribution in [0.25, 0.3) is 0 Å². The van der Waals surface area contributed by atoms with Crippen LogP contribution in [0.3, 0.4) is 0 Å². The summed E-state index contributed by atoms with van der Waals surface area (Å²) < 4.78 is 32.2. The fraction of sp³-hybridized carbons (Fsp3) is 0. The SMILES string of the molecule is C=Ic1c(F)c(C#N)c(F)c(C#N)c1Nc1ccc(Cl)c(Cl)c1. The lowest BCUT2D eigenvalue weighted by atomic mass is 10.1. The molecule has 0 heterocycles. The van der Waals surface area contributed by atoms with Crippen molar-refractivity contribution < 1.29 is 8.78 Å². The molecule has 0 spiro atoms. The molecule has 0 atom stereocenters. The van der Waals surface area contributed by atoms with Crippen LogP contribution in [-0.2, 0) is 0 Å². The summed E-state index contributed by atoms with van der Waals surface area (Å²) in [7, 11) is 0. The van der Waals surface area contributed by atoms with E-state index in [9.17, 15) is 14.0 Å². The Hall–Kier alpha value is -1.74. The smallest absolute Gasteiger partial charge is 0.163 e. The van der Waals surface area contributed by atoms with E-state index < -0.39 is 43.5 Å². The van der Waals surface area contributed by atoms with E-state index >= 15 is 0 Å². The van der Waals surface area contributed by atoms with Crippen LogP contribution in [0.15, 0.2) is 18.2 Å². The van der Waals surface area contributed by atoms with Crippen molar-refractivity contribution in [2.75, 3.05) is 5.32 Å². The van der Waals surface area contributed by atoms with Gasteiger partial charge >= 0.3 is 0 Å². The molecule has 2 rings (SSSR count). The monoisotopic (exact) mass is 463 g/mol. The van der Waals surface area contributed by atoms with Crippen LogP contribution in [0.2, 0.25) is 10.0 Å². The minimum Gasteiger partial charge on any atom is -0.353 e. The second-order valence-electron chi connectivity index (χ2n) is 4.18. The van der Waals surface area contributed by atoms with Crippen LogP contribution in [0, 0.1) is 37.9 Å². The van der Waals surface area contributed by atoms with Gasteiger partial charge in [0.25, 0.3) is 0 Å². The van der Waals surface area contributed by atoms with E-state index in [1.807, 2.05) is 0 Å². The highest BCUT2D eigenvalue weighted by molar-refractivity contribution is 14.2. The lowest BCUT2D eigenvalue weighted by molar-refractivity contribution is 0.571. The van der Waals surface area contributed by atoms with E-state index in [0.717, 1.165) is 0 Å². The second-order valence-corrected chi connectivity index (χ2v) is 6.83. The van der Waals surface area contributed by atoms with Gasteiger partial charge in [-0.25, -0.2) is 8.78 Å². The van der Waals surface area contributed by atoms with Gasteiger partial charge in [-0.1, -0.05) is 48.4 Å². The molecule has 0 aromatic heterocycles. The molecule has 1 N–H and O–H groups in total. The Morgan fingerprint density at radius 2 is 1.70 bits per heavy atom. The van der Waals surface area contributed by atoms with Gasteiger partial charge in [-0.05, 0) is 18.2 Å². The average Bonchev–Trinajstić information content (AvgIpc) is 2.52. The molecule has 0 unspecified atom stereocenters. The molecule has 2 aromatic rings. The van der Waals surface area contributed by atoms with E-state index in [2.05, 4.69) is 9.83 Å². The average molecular weight is 464 g/mol. The van der Waals surface area contributed by atoms with Crippen molar-refractivity contribution >= 4 is 59.8 Å². The molecule has 0 aliphatic heterocycles. The van der Waals surface area contributed by atoms with Gasteiger partial charge in [-0.3, -0.25) is 0 Å². The zero-order valence-electron chi connectivity index (χ0n) is 11.2. The second kappa shape index (κ2) is 7.22. The molecule has 8 heteroatoms. The summed E-state index contributed by atoms with van der Waals surface area (Å²) in [4.78, 5) is 0. The zero-order valence-corrected chi connectivity index (χ0v) is 14.9. The van der Waals surface area contributed by atoms with Crippen LogP contribution < -0.4 is 5.32 Å². The quantitative estimate of drug-likeness (QED) is 0.494. The number of nitrogens with zero attached hydrogens (tertiary/aromatic N) is 2. The Kier molecular flexibility index (Phi) is 5.53. The number of rotatable bonds is 3. The van der Waals surface area contributed by atoms with Crippen LogP contribution in [-0.4, -0.2) is 4.51 Å². The molecule has 0 saturated heterocycles. The molecule has 23 heavy (non-hydrogen) atoms. The number of hydrogen-bond acceptors (Lipinski definition) is 3. The van der Waals surface area contributed by atoms with Gasteiger partial charge in [0.05, 0.1) is 19.3 Å². The number of benzene rings is 2. The summed E-state index contributed by atoms with van der Waals surface area (Å²) in [5.41, 5.74) is -0.854. The maximum atomic E-state index is 14.3. The summed E-state index contributed by atoms with van der Waals surface area (Å²) in [6, 6.07) is 7.63. The Morgan fingerprint density at radius 3 is 2.22 bits per heavy atom. The molecule has 116 valence electrons. The molecule has 0 aliphatic carbocycles. The molecule has 0 saturated carbocycles. The number of hydrogen-bond donors (Lipinski definition) is 1. The standard InChI is InChI=1S/C15H6Cl2F2IN3/c1-20-14-13(19)8(5-21)12(18)9(6-22)15(14)23-7-2-3-10(16)11(17)4-7/h2-4,23H,1H2. The Labute approximate surface area is 150 Å². The molecule has 0 amide bonds. The van der Waals surface area contributed by atoms with E-state index in [4.69, 9.17) is 28.5 Å². The fourth-order valence-electron chi connectivity index (χ4n) is 1.82. The summed E-state index contributed by atoms with van der Waals surface area (Å²) in [5, 5.41) is 21.4. The van der Waals surface area contributed by atoms with Gasteiger partial charge in [-0.2, -0.15) is 10.5 Å². The number of anilines is 2. The van der Waals surface area contributed by atoms with Crippen molar-refractivity contribution in [3.8, 4) is 12.1 Å². The fourth-order valence-corrected chi connectivity index (χ4v) is 3.51. The van der Waals surface area contributed by atoms with Gasteiger partial charge < -0.3 is 5.32 Å². The van der Waals surface area contributed by atoms with E-state index in [-0.39, 0.29) is 14.3 Å². The molecule has 0 radical (unpaired) electrons. The molecule has 3 nitrogen and oxygen atoms in total. The largest absolute Gasteiger partial charge is 0.353 e. The number of nitrogens with one attached hydrogen (secondary N) is 1. The lowest BCUT2D eigenvalue weighted by Crippen LogP contribution is -2.06. The van der Waals surface area contributed by atoms with Gasteiger partial charge in [0.15, 0.2) is 11.6 Å². The first-order chi connectivity index (χ1) is 10.9. The van der Waals surface area contributed by atoms with E-state index in [0.29, 0.717) is 10.7 Å². The van der Waals surface area contributed by atoms with Gasteiger partial charge in [0, 0.05) is 5.69 Å². The first-order valence-electron chi connectivity index (χ1n) is 5.90. The highest BCUT2D eigenvalue weighted by atomic mass is 127. The van der Waals surface area contributed by atoms with Gasteiger partial charge in [0.2, 0.25) is 0 Å². The van der Waals surface area contributed by atoms with Crippen molar-refractivity contribution in [3.63, 3.8) is 0 Å². The summed E-state index contributed by atoms with van der Waals surface area (Å²) >= 11 is 10.6. The van der Waals surface area contributed by atoms with Crippen LogP contribution >= 0.6 is 43.9 Å². The van der Waals surface area contributed by atoms with Crippen LogP contribution in [0.4, 0.5) is 20.2 Å². The van der Waals surface area contributed by atoms with Crippen molar-refractivity contribution in [1.29, 1.82) is 10.5 Å². The van der Waals surface area contributed by atoms with Gasteiger partial charge in [0.1, 0.15) is 23.3 Å². The highest BCUT2D eigenvalue weighted by Gasteiger charge is 2.24. The molecule has 0 aliphatic rings. The van der Waals surface area contributed by atoms with Crippen LogP contribution in [0.1, 0.15) is 11.1 Å². The first-order valence-corrected chi connectivity index (χ1v) is 9.26. The summed E-state index contributed by atoms with van der Waals surface area (Å²) in [5.74, 6) is -2.19. The zero-order chi connectivity index (χ0) is 17.1. The maximum absolute atomic E-state index is 14.3. The van der Waals surface area contributed by atoms with Crippen molar-refractivity contribution in [3.05, 3.63) is 54.6 Å². The van der Waals surface area contributed by atoms with Crippen molar-refractivity contribution in [2.45, 2.75) is 0 Å². The lowest BCUT2D eigenvalue weighted by Gasteiger charge is -2.14. The third-order valence-corrected chi connectivity index (χ3v) is 5.38. The molecular formula is C15H6Cl2F2IN3. The minimum absolute atomic E-state index is 0.0392. The normalized spacial score (nSPS) is 10.0. The maximum Gasteiger partial charge on any atom is 0.163 e. The molecule has 2 aromatic carbocycles. The molecular weight excluding hydrogens is 458 g/mol. The third kappa shape index (κ3) is 3.30.